The molecule has 5 nitrogen and oxygen atoms in total. The van der Waals surface area contributed by atoms with E-state index in [1.807, 2.05) is 31.2 Å². The number of amides is 1. The van der Waals surface area contributed by atoms with Crippen LogP contribution in [0.1, 0.15) is 34.0 Å². The molecule has 0 unspecified atom stereocenters. The lowest BCUT2D eigenvalue weighted by atomic mass is 10.1. The Hall–Kier alpha value is -3.81. The molecule has 0 spiro atoms. The van der Waals surface area contributed by atoms with E-state index >= 15 is 0 Å². The maximum absolute atomic E-state index is 12.7. The van der Waals surface area contributed by atoms with Crippen LogP contribution in [0.15, 0.2) is 77.9 Å². The molecule has 1 amide bonds. The van der Waals surface area contributed by atoms with E-state index in [1.54, 1.807) is 24.3 Å². The summed E-state index contributed by atoms with van der Waals surface area (Å²) < 4.78 is 49.3. The highest BCUT2D eigenvalue weighted by atomic mass is 19.4. The van der Waals surface area contributed by atoms with E-state index < -0.39 is 17.6 Å². The van der Waals surface area contributed by atoms with Crippen LogP contribution in [0.3, 0.4) is 0 Å². The number of carbonyl (C=O) groups excluding carboxylic acids is 1. The third kappa shape index (κ3) is 6.60. The smallest absolute Gasteiger partial charge is 0.416 e. The lowest BCUT2D eigenvalue weighted by Gasteiger charge is -2.08. The van der Waals surface area contributed by atoms with E-state index in [0.29, 0.717) is 24.5 Å². The molecule has 1 N–H and O–H groups in total. The third-order valence-electron chi connectivity index (χ3n) is 4.35. The second-order valence-electron chi connectivity index (χ2n) is 6.71. The molecular weight excluding hydrogens is 421 g/mol. The summed E-state index contributed by atoms with van der Waals surface area (Å²) in [6.07, 6.45) is -3.28. The predicted molar refractivity (Wildman–Crippen MR) is 115 cm³/mol. The second-order valence-corrected chi connectivity index (χ2v) is 6.71. The summed E-state index contributed by atoms with van der Waals surface area (Å²) in [6.45, 7) is 2.83. The molecule has 8 heteroatoms. The molecule has 32 heavy (non-hydrogen) atoms. The van der Waals surface area contributed by atoms with Crippen molar-refractivity contribution < 1.29 is 27.4 Å². The van der Waals surface area contributed by atoms with E-state index in [4.69, 9.17) is 9.47 Å². The van der Waals surface area contributed by atoms with Gasteiger partial charge in [-0.1, -0.05) is 24.3 Å². The van der Waals surface area contributed by atoms with Crippen LogP contribution in [0, 0.1) is 0 Å². The molecule has 3 aromatic carbocycles. The molecule has 0 aliphatic heterocycles. The fourth-order valence-electron chi connectivity index (χ4n) is 2.74. The molecule has 0 atom stereocenters. The molecule has 0 radical (unpaired) electrons. The molecule has 0 aromatic heterocycles. The zero-order valence-corrected chi connectivity index (χ0v) is 17.2. The average molecular weight is 442 g/mol. The van der Waals surface area contributed by atoms with Gasteiger partial charge < -0.3 is 9.47 Å². The fourth-order valence-corrected chi connectivity index (χ4v) is 2.74. The average Bonchev–Trinajstić information content (AvgIpc) is 2.79. The lowest BCUT2D eigenvalue weighted by Crippen LogP contribution is -2.17. The first-order valence-corrected chi connectivity index (χ1v) is 9.80. The number of alkyl halides is 3. The Kier molecular flexibility index (Phi) is 7.49. The Morgan fingerprint density at radius 2 is 1.62 bits per heavy atom. The summed E-state index contributed by atoms with van der Waals surface area (Å²) in [5.41, 5.74) is 2.97. The van der Waals surface area contributed by atoms with Gasteiger partial charge in [0.15, 0.2) is 0 Å². The minimum absolute atomic E-state index is 0.224. The topological polar surface area (TPSA) is 59.9 Å². The zero-order valence-electron chi connectivity index (χ0n) is 17.2. The van der Waals surface area contributed by atoms with Crippen LogP contribution in [-0.2, 0) is 12.8 Å². The summed E-state index contributed by atoms with van der Waals surface area (Å²) in [4.78, 5) is 12.2. The Morgan fingerprint density at radius 3 is 2.25 bits per heavy atom. The van der Waals surface area contributed by atoms with Gasteiger partial charge in [-0.15, -0.1) is 0 Å². The molecule has 0 fully saturated rings. The van der Waals surface area contributed by atoms with Gasteiger partial charge in [-0.25, -0.2) is 5.43 Å². The first kappa shape index (κ1) is 22.9. The van der Waals surface area contributed by atoms with E-state index in [1.165, 1.54) is 12.1 Å². The summed E-state index contributed by atoms with van der Waals surface area (Å²) in [7, 11) is 0. The van der Waals surface area contributed by atoms with Crippen molar-refractivity contribution in [1.29, 1.82) is 0 Å². The number of hydrogen-bond acceptors (Lipinski definition) is 4. The number of halogens is 3. The molecule has 0 aliphatic rings. The number of nitrogens with one attached hydrogen (secondary N) is 1. The monoisotopic (exact) mass is 442 g/mol. The minimum Gasteiger partial charge on any atom is -0.494 e. The summed E-state index contributed by atoms with van der Waals surface area (Å²) in [5.74, 6) is 0.984. The van der Waals surface area contributed by atoms with E-state index in [0.717, 1.165) is 29.7 Å². The van der Waals surface area contributed by atoms with Crippen LogP contribution in [-0.4, -0.2) is 18.7 Å². The molecule has 0 saturated heterocycles. The van der Waals surface area contributed by atoms with Crippen molar-refractivity contribution in [2.45, 2.75) is 19.7 Å². The predicted octanol–water partition coefficient (Wildman–Crippen LogP) is 5.45. The van der Waals surface area contributed by atoms with Gasteiger partial charge in [0, 0.05) is 5.56 Å². The first-order chi connectivity index (χ1) is 15.3. The molecule has 166 valence electrons. The normalized spacial score (nSPS) is 11.4. The van der Waals surface area contributed by atoms with Crippen LogP contribution < -0.4 is 14.9 Å². The van der Waals surface area contributed by atoms with Gasteiger partial charge in [0.1, 0.15) is 18.1 Å². The SMILES string of the molecule is CCOc1ccc(OCc2ccc(C(=O)N/N=C\c3cccc(C(F)(F)F)c3)cc2)cc1. The highest BCUT2D eigenvalue weighted by Crippen LogP contribution is 2.29. The lowest BCUT2D eigenvalue weighted by molar-refractivity contribution is -0.137. The number of ether oxygens (including phenoxy) is 2. The highest BCUT2D eigenvalue weighted by molar-refractivity contribution is 5.94. The maximum atomic E-state index is 12.7. The van der Waals surface area contributed by atoms with E-state index in [-0.39, 0.29) is 5.56 Å². The van der Waals surface area contributed by atoms with Gasteiger partial charge >= 0.3 is 6.18 Å². The molecule has 0 saturated carbocycles. The molecule has 0 bridgehead atoms. The Bertz CT molecular complexity index is 1060. The van der Waals surface area contributed by atoms with Gasteiger partial charge in [0.05, 0.1) is 18.4 Å². The van der Waals surface area contributed by atoms with Crippen molar-refractivity contribution in [1.82, 2.24) is 5.43 Å². The van der Waals surface area contributed by atoms with Crippen molar-refractivity contribution in [2.75, 3.05) is 6.61 Å². The minimum atomic E-state index is -4.44. The van der Waals surface area contributed by atoms with Crippen molar-refractivity contribution in [2.24, 2.45) is 5.10 Å². The number of hydrogen-bond donors (Lipinski definition) is 1. The van der Waals surface area contributed by atoms with Gasteiger partial charge in [0.25, 0.3) is 5.91 Å². The Morgan fingerprint density at radius 1 is 0.969 bits per heavy atom. The quantitative estimate of drug-likeness (QED) is 0.373. The third-order valence-corrected chi connectivity index (χ3v) is 4.35. The number of nitrogens with zero attached hydrogens (tertiary/aromatic N) is 1. The highest BCUT2D eigenvalue weighted by Gasteiger charge is 2.30. The van der Waals surface area contributed by atoms with Crippen LogP contribution in [0.4, 0.5) is 13.2 Å². The zero-order chi connectivity index (χ0) is 23.0. The van der Waals surface area contributed by atoms with Gasteiger partial charge in [-0.05, 0) is 66.6 Å². The van der Waals surface area contributed by atoms with Crippen molar-refractivity contribution in [3.05, 3.63) is 95.1 Å². The summed E-state index contributed by atoms with van der Waals surface area (Å²) in [5, 5.41) is 3.73. The van der Waals surface area contributed by atoms with Crippen molar-refractivity contribution in [3.63, 3.8) is 0 Å². The van der Waals surface area contributed by atoms with Crippen LogP contribution >= 0.6 is 0 Å². The number of carbonyl (C=O) groups is 1. The summed E-state index contributed by atoms with van der Waals surface area (Å²) >= 11 is 0. The van der Waals surface area contributed by atoms with Gasteiger partial charge in [0.2, 0.25) is 0 Å². The largest absolute Gasteiger partial charge is 0.494 e. The maximum Gasteiger partial charge on any atom is 0.416 e. The Labute approximate surface area is 183 Å². The van der Waals surface area contributed by atoms with Crippen LogP contribution in [0.5, 0.6) is 11.5 Å². The second kappa shape index (κ2) is 10.5. The van der Waals surface area contributed by atoms with Gasteiger partial charge in [-0.2, -0.15) is 18.3 Å². The van der Waals surface area contributed by atoms with Crippen molar-refractivity contribution >= 4 is 12.1 Å². The molecule has 3 rings (SSSR count). The Balaban J connectivity index is 1.52. The van der Waals surface area contributed by atoms with E-state index in [9.17, 15) is 18.0 Å². The molecule has 0 aliphatic carbocycles. The van der Waals surface area contributed by atoms with Crippen molar-refractivity contribution in [3.8, 4) is 11.5 Å². The van der Waals surface area contributed by atoms with Crippen LogP contribution in [0.2, 0.25) is 0 Å². The van der Waals surface area contributed by atoms with Crippen LogP contribution in [0.25, 0.3) is 0 Å². The fraction of sp³-hybridized carbons (Fsp3) is 0.167. The number of rotatable bonds is 8. The standard InChI is InChI=1S/C24H21F3N2O3/c1-2-31-21-10-12-22(13-11-21)32-16-17-6-8-19(9-7-17)23(30)29-28-15-18-4-3-5-20(14-18)24(25,26)27/h3-15H,2,16H2,1H3,(H,29,30)/b28-15-. The van der Waals surface area contributed by atoms with Gasteiger partial charge in [-0.3, -0.25) is 4.79 Å². The summed E-state index contributed by atoms with van der Waals surface area (Å²) in [6, 6.07) is 18.7. The molecular formula is C24H21F3N2O3. The number of hydrazone groups is 1. The number of benzene rings is 3. The van der Waals surface area contributed by atoms with E-state index in [2.05, 4.69) is 10.5 Å². The molecule has 3 aromatic rings. The first-order valence-electron chi connectivity index (χ1n) is 9.80. The molecule has 0 heterocycles.